The van der Waals surface area contributed by atoms with Gasteiger partial charge in [-0.3, -0.25) is 0 Å². The second-order valence-electron chi connectivity index (χ2n) is 1.67. The first-order valence-corrected chi connectivity index (χ1v) is 2.50. The summed E-state index contributed by atoms with van der Waals surface area (Å²) in [6.45, 7) is 0. The maximum Gasteiger partial charge on any atom is 0.00784 e. The van der Waals surface area contributed by atoms with Crippen LogP contribution in [0, 0.1) is 12.8 Å². The third-order valence-corrected chi connectivity index (χ3v) is 1.04. The molecule has 0 saturated heterocycles. The Hall–Kier alpha value is -0.460. The zero-order valence-corrected chi connectivity index (χ0v) is 4.22. The van der Waals surface area contributed by atoms with Crippen LogP contribution < -0.4 is 5.73 Å². The van der Waals surface area contributed by atoms with Gasteiger partial charge < -0.3 is 5.73 Å². The number of rotatable bonds is 0. The van der Waals surface area contributed by atoms with Crippen molar-refractivity contribution in [2.75, 3.05) is 0 Å². The first-order valence-electron chi connectivity index (χ1n) is 2.50. The predicted octanol–water partition coefficient (Wildman–Crippen LogP) is 1.03. The molecule has 0 heterocycles. The van der Waals surface area contributed by atoms with Crippen LogP contribution in [0.25, 0.3) is 0 Å². The highest BCUT2D eigenvalue weighted by Gasteiger charge is 1.96. The van der Waals surface area contributed by atoms with Gasteiger partial charge in [-0.25, -0.2) is 0 Å². The molecule has 1 aliphatic rings. The van der Waals surface area contributed by atoms with Gasteiger partial charge in [0, 0.05) is 12.1 Å². The summed E-state index contributed by atoms with van der Waals surface area (Å²) >= 11 is 0. The zero-order valence-electron chi connectivity index (χ0n) is 4.22. The summed E-state index contributed by atoms with van der Waals surface area (Å²) in [5, 5.41) is 0. The minimum absolute atomic E-state index is 0.933. The van der Waals surface area contributed by atoms with Gasteiger partial charge >= 0.3 is 0 Å². The summed E-state index contributed by atoms with van der Waals surface area (Å²) in [6.07, 6.45) is 8.31. The minimum Gasteiger partial charge on any atom is -0.402 e. The molecule has 0 fully saturated rings. The van der Waals surface area contributed by atoms with E-state index in [2.05, 4.69) is 6.42 Å². The topological polar surface area (TPSA) is 26.0 Å². The van der Waals surface area contributed by atoms with Crippen molar-refractivity contribution in [1.29, 1.82) is 0 Å². The fourth-order valence-electron chi connectivity index (χ4n) is 0.618. The summed E-state index contributed by atoms with van der Waals surface area (Å²) in [6, 6.07) is 0. The highest BCUT2D eigenvalue weighted by molar-refractivity contribution is 5.15. The van der Waals surface area contributed by atoms with Gasteiger partial charge in [0.1, 0.15) is 0 Å². The molecular weight excluding hydrogens is 86.1 g/mol. The first-order chi connectivity index (χ1) is 3.39. The molecule has 38 valence electrons. The summed E-state index contributed by atoms with van der Waals surface area (Å²) in [4.78, 5) is 0. The molecule has 1 heteroatoms. The van der Waals surface area contributed by atoms with Gasteiger partial charge in [0.15, 0.2) is 0 Å². The Morgan fingerprint density at radius 1 is 1.43 bits per heavy atom. The van der Waals surface area contributed by atoms with Gasteiger partial charge in [-0.2, -0.15) is 0 Å². The average Bonchev–Trinajstić information content (AvgIpc) is 1.69. The summed E-state index contributed by atoms with van der Waals surface area (Å²) < 4.78 is 0. The van der Waals surface area contributed by atoms with Crippen LogP contribution in [-0.2, 0) is 0 Å². The van der Waals surface area contributed by atoms with Gasteiger partial charge in [-0.05, 0) is 19.3 Å². The van der Waals surface area contributed by atoms with Crippen LogP contribution in [0.5, 0.6) is 0 Å². The number of allylic oxidation sites excluding steroid dienone is 2. The Kier molecular flexibility index (Phi) is 1.35. The molecular formula is C6H9N. The van der Waals surface area contributed by atoms with Gasteiger partial charge in [0.05, 0.1) is 0 Å². The SMILES string of the molecule is NC1=CC[CH]C[CH]1. The Bertz CT molecular complexity index is 84.2. The maximum absolute atomic E-state index is 5.42. The van der Waals surface area contributed by atoms with Crippen molar-refractivity contribution in [3.63, 3.8) is 0 Å². The van der Waals surface area contributed by atoms with Crippen LogP contribution in [0.3, 0.4) is 0 Å². The molecule has 0 bridgehead atoms. The molecule has 1 nitrogen and oxygen atoms in total. The van der Waals surface area contributed by atoms with Crippen molar-refractivity contribution in [2.24, 2.45) is 5.73 Å². The molecule has 2 N–H and O–H groups in total. The van der Waals surface area contributed by atoms with Crippen molar-refractivity contribution in [1.82, 2.24) is 0 Å². The quantitative estimate of drug-likeness (QED) is 0.478. The van der Waals surface area contributed by atoms with Crippen LogP contribution >= 0.6 is 0 Å². The van der Waals surface area contributed by atoms with Gasteiger partial charge in [-0.1, -0.05) is 6.08 Å². The smallest absolute Gasteiger partial charge is 0.00784 e. The standard InChI is InChI=1S/C6H9N/c7-6-4-2-1-3-5-6/h1,4-5H,2-3,7H2. The van der Waals surface area contributed by atoms with Gasteiger partial charge in [-0.15, -0.1) is 0 Å². The van der Waals surface area contributed by atoms with E-state index in [0.29, 0.717) is 0 Å². The number of hydrogen-bond acceptors (Lipinski definition) is 1. The fourth-order valence-corrected chi connectivity index (χ4v) is 0.618. The van der Waals surface area contributed by atoms with E-state index >= 15 is 0 Å². The molecule has 0 saturated carbocycles. The van der Waals surface area contributed by atoms with Crippen molar-refractivity contribution in [3.8, 4) is 0 Å². The van der Waals surface area contributed by atoms with Crippen LogP contribution in [0.2, 0.25) is 0 Å². The lowest BCUT2D eigenvalue weighted by atomic mass is 10.1. The summed E-state index contributed by atoms with van der Waals surface area (Å²) in [7, 11) is 0. The van der Waals surface area contributed by atoms with Crippen molar-refractivity contribution in [3.05, 3.63) is 24.6 Å². The average molecular weight is 95.1 g/mol. The molecule has 1 rings (SSSR count). The molecule has 0 amide bonds. The van der Waals surface area contributed by atoms with E-state index in [0.717, 1.165) is 18.5 Å². The van der Waals surface area contributed by atoms with Gasteiger partial charge in [0.2, 0.25) is 0 Å². The monoisotopic (exact) mass is 95.1 g/mol. The maximum atomic E-state index is 5.42. The van der Waals surface area contributed by atoms with E-state index in [1.165, 1.54) is 0 Å². The molecule has 0 aromatic heterocycles. The van der Waals surface area contributed by atoms with E-state index in [9.17, 15) is 0 Å². The highest BCUT2D eigenvalue weighted by Crippen LogP contribution is 2.09. The van der Waals surface area contributed by atoms with E-state index in [1.807, 2.05) is 12.5 Å². The normalized spacial score (nSPS) is 21.4. The van der Waals surface area contributed by atoms with Gasteiger partial charge in [0.25, 0.3) is 0 Å². The molecule has 0 unspecified atom stereocenters. The van der Waals surface area contributed by atoms with E-state index in [-0.39, 0.29) is 0 Å². The molecule has 1 aliphatic carbocycles. The summed E-state index contributed by atoms with van der Waals surface area (Å²) in [5.74, 6) is 0. The molecule has 0 aliphatic heterocycles. The second-order valence-corrected chi connectivity index (χ2v) is 1.67. The first kappa shape index (κ1) is 4.69. The number of hydrogen-bond donors (Lipinski definition) is 1. The number of nitrogens with two attached hydrogens (primary N) is 1. The lowest BCUT2D eigenvalue weighted by Gasteiger charge is -2.04. The third kappa shape index (κ3) is 1.22. The van der Waals surface area contributed by atoms with Crippen molar-refractivity contribution < 1.29 is 0 Å². The largest absolute Gasteiger partial charge is 0.402 e. The minimum atomic E-state index is 0.933. The van der Waals surface area contributed by atoms with Crippen LogP contribution in [0.4, 0.5) is 0 Å². The van der Waals surface area contributed by atoms with Crippen molar-refractivity contribution >= 4 is 0 Å². The van der Waals surface area contributed by atoms with Crippen LogP contribution in [0.15, 0.2) is 11.8 Å². The molecule has 0 spiro atoms. The molecule has 7 heavy (non-hydrogen) atoms. The Balaban J connectivity index is 2.40. The van der Waals surface area contributed by atoms with E-state index in [1.54, 1.807) is 0 Å². The Labute approximate surface area is 44.2 Å². The van der Waals surface area contributed by atoms with Crippen molar-refractivity contribution in [2.45, 2.75) is 12.8 Å². The molecule has 0 aromatic rings. The zero-order chi connectivity index (χ0) is 5.11. The second kappa shape index (κ2) is 2.01. The van der Waals surface area contributed by atoms with E-state index in [4.69, 9.17) is 5.73 Å². The highest BCUT2D eigenvalue weighted by atomic mass is 14.6. The summed E-state index contributed by atoms with van der Waals surface area (Å²) in [5.41, 5.74) is 6.35. The molecule has 0 aromatic carbocycles. The molecule has 2 radical (unpaired) electrons. The third-order valence-electron chi connectivity index (χ3n) is 1.04. The Morgan fingerprint density at radius 2 is 2.29 bits per heavy atom. The fraction of sp³-hybridized carbons (Fsp3) is 0.333. The predicted molar refractivity (Wildman–Crippen MR) is 30.1 cm³/mol. The lowest BCUT2D eigenvalue weighted by Crippen LogP contribution is -2.01. The molecule has 0 atom stereocenters. The van der Waals surface area contributed by atoms with Crippen LogP contribution in [-0.4, -0.2) is 0 Å². The lowest BCUT2D eigenvalue weighted by molar-refractivity contribution is 0.973. The van der Waals surface area contributed by atoms with E-state index < -0.39 is 0 Å². The Morgan fingerprint density at radius 3 is 2.57 bits per heavy atom. The van der Waals surface area contributed by atoms with Crippen LogP contribution in [0.1, 0.15) is 12.8 Å².